The topological polar surface area (TPSA) is 59.5 Å². The fourth-order valence-corrected chi connectivity index (χ4v) is 2.30. The summed E-state index contributed by atoms with van der Waals surface area (Å²) in [7, 11) is 1.74. The maximum absolute atomic E-state index is 12.4. The minimum absolute atomic E-state index is 0. The van der Waals surface area contributed by atoms with Crippen LogP contribution in [0.1, 0.15) is 34.6 Å². The molecule has 114 valence electrons. The van der Waals surface area contributed by atoms with Gasteiger partial charge < -0.3 is 15.1 Å². The van der Waals surface area contributed by atoms with E-state index in [0.717, 1.165) is 5.56 Å². The van der Waals surface area contributed by atoms with Crippen LogP contribution in [0.2, 0.25) is 5.02 Å². The number of carbonyl (C=O) groups excluding carboxylic acids is 1. The molecule has 1 unspecified atom stereocenters. The normalized spacial score (nSPS) is 11.6. The smallest absolute Gasteiger partial charge is 0.257 e. The van der Waals surface area contributed by atoms with Gasteiger partial charge in [-0.25, -0.2) is 0 Å². The average molecular weight is 329 g/mol. The van der Waals surface area contributed by atoms with E-state index in [1.807, 2.05) is 31.2 Å². The van der Waals surface area contributed by atoms with E-state index >= 15 is 0 Å². The first-order valence-electron chi connectivity index (χ1n) is 6.33. The van der Waals surface area contributed by atoms with Crippen molar-refractivity contribution in [3.05, 3.63) is 58.5 Å². The quantitative estimate of drug-likeness (QED) is 0.931. The van der Waals surface area contributed by atoms with Gasteiger partial charge in [0.1, 0.15) is 12.0 Å². The fourth-order valence-electron chi connectivity index (χ4n) is 2.00. The van der Waals surface area contributed by atoms with Gasteiger partial charge in [-0.1, -0.05) is 29.8 Å². The van der Waals surface area contributed by atoms with Crippen LogP contribution >= 0.6 is 24.0 Å². The molecule has 1 heterocycles. The van der Waals surface area contributed by atoms with Crippen LogP contribution in [-0.4, -0.2) is 17.9 Å². The zero-order valence-corrected chi connectivity index (χ0v) is 13.4. The first-order valence-corrected chi connectivity index (χ1v) is 6.71. The SMILES string of the molecule is CC(c1ccccc1Cl)N(C)C(=O)c1coc(CN)c1.Cl. The molecule has 1 atom stereocenters. The summed E-state index contributed by atoms with van der Waals surface area (Å²) in [5.41, 5.74) is 6.88. The second kappa shape index (κ2) is 7.50. The van der Waals surface area contributed by atoms with Crippen LogP contribution in [0.15, 0.2) is 41.0 Å². The fraction of sp³-hybridized carbons (Fsp3) is 0.267. The Balaban J connectivity index is 0.00000220. The number of rotatable bonds is 4. The number of halogens is 2. The molecule has 0 bridgehead atoms. The molecule has 1 aromatic carbocycles. The van der Waals surface area contributed by atoms with Crippen LogP contribution in [-0.2, 0) is 6.54 Å². The highest BCUT2D eigenvalue weighted by molar-refractivity contribution is 6.31. The summed E-state index contributed by atoms with van der Waals surface area (Å²) in [6.45, 7) is 2.21. The molecule has 6 heteroatoms. The zero-order chi connectivity index (χ0) is 14.7. The van der Waals surface area contributed by atoms with Gasteiger partial charge in [-0.2, -0.15) is 0 Å². The van der Waals surface area contributed by atoms with Gasteiger partial charge in [-0.3, -0.25) is 4.79 Å². The minimum Gasteiger partial charge on any atom is -0.467 e. The molecule has 21 heavy (non-hydrogen) atoms. The molecule has 0 radical (unpaired) electrons. The Morgan fingerprint density at radius 1 is 1.43 bits per heavy atom. The lowest BCUT2D eigenvalue weighted by atomic mass is 10.1. The van der Waals surface area contributed by atoms with Crippen molar-refractivity contribution in [1.82, 2.24) is 4.90 Å². The standard InChI is InChI=1S/C15H17ClN2O2.ClH/c1-10(13-5-3-4-6-14(13)16)18(2)15(19)11-7-12(8-17)20-9-11;/h3-7,9-10H,8,17H2,1-2H3;1H. The van der Waals surface area contributed by atoms with Crippen LogP contribution in [0, 0.1) is 0 Å². The Morgan fingerprint density at radius 3 is 2.67 bits per heavy atom. The Labute approximate surface area is 135 Å². The number of nitrogens with zero attached hydrogens (tertiary/aromatic N) is 1. The van der Waals surface area contributed by atoms with Crippen LogP contribution in [0.25, 0.3) is 0 Å². The van der Waals surface area contributed by atoms with E-state index in [1.165, 1.54) is 6.26 Å². The van der Waals surface area contributed by atoms with Crippen molar-refractivity contribution in [2.75, 3.05) is 7.05 Å². The number of nitrogens with two attached hydrogens (primary N) is 1. The van der Waals surface area contributed by atoms with Gasteiger partial charge in [0.15, 0.2) is 0 Å². The molecule has 0 fully saturated rings. The van der Waals surface area contributed by atoms with Gasteiger partial charge in [0.05, 0.1) is 18.2 Å². The molecule has 0 saturated heterocycles. The molecule has 2 rings (SSSR count). The molecule has 0 saturated carbocycles. The highest BCUT2D eigenvalue weighted by Crippen LogP contribution is 2.27. The Morgan fingerprint density at radius 2 is 2.10 bits per heavy atom. The number of furan rings is 1. The summed E-state index contributed by atoms with van der Waals surface area (Å²) >= 11 is 6.17. The van der Waals surface area contributed by atoms with Gasteiger partial charge in [-0.15, -0.1) is 12.4 Å². The molecule has 0 spiro atoms. The van der Waals surface area contributed by atoms with Gasteiger partial charge in [-0.05, 0) is 24.6 Å². The lowest BCUT2D eigenvalue weighted by Crippen LogP contribution is -2.29. The number of benzene rings is 1. The second-order valence-corrected chi connectivity index (χ2v) is 5.03. The van der Waals surface area contributed by atoms with Crippen molar-refractivity contribution in [3.8, 4) is 0 Å². The predicted octanol–water partition coefficient (Wildman–Crippen LogP) is 3.65. The van der Waals surface area contributed by atoms with Crippen molar-refractivity contribution in [3.63, 3.8) is 0 Å². The summed E-state index contributed by atoms with van der Waals surface area (Å²) < 4.78 is 5.20. The van der Waals surface area contributed by atoms with E-state index in [2.05, 4.69) is 0 Å². The first kappa shape index (κ1) is 17.6. The molecule has 2 aromatic rings. The maximum atomic E-state index is 12.4. The summed E-state index contributed by atoms with van der Waals surface area (Å²) in [5.74, 6) is 0.466. The number of hydrogen-bond donors (Lipinski definition) is 1. The molecular weight excluding hydrogens is 311 g/mol. The Kier molecular flexibility index (Phi) is 6.27. The summed E-state index contributed by atoms with van der Waals surface area (Å²) in [5, 5.41) is 0.648. The largest absolute Gasteiger partial charge is 0.467 e. The van der Waals surface area contributed by atoms with Gasteiger partial charge in [0.25, 0.3) is 5.91 Å². The Bertz CT molecular complexity index is 613. The highest BCUT2D eigenvalue weighted by atomic mass is 35.5. The summed E-state index contributed by atoms with van der Waals surface area (Å²) in [6, 6.07) is 9.03. The number of hydrogen-bond acceptors (Lipinski definition) is 3. The van der Waals surface area contributed by atoms with E-state index < -0.39 is 0 Å². The van der Waals surface area contributed by atoms with Crippen molar-refractivity contribution in [1.29, 1.82) is 0 Å². The monoisotopic (exact) mass is 328 g/mol. The second-order valence-electron chi connectivity index (χ2n) is 4.62. The highest BCUT2D eigenvalue weighted by Gasteiger charge is 2.21. The van der Waals surface area contributed by atoms with Crippen LogP contribution in [0.3, 0.4) is 0 Å². The molecule has 0 aliphatic heterocycles. The van der Waals surface area contributed by atoms with Gasteiger partial charge in [0.2, 0.25) is 0 Å². The number of carbonyl (C=O) groups is 1. The first-order chi connectivity index (χ1) is 9.54. The molecule has 1 aromatic heterocycles. The van der Waals surface area contributed by atoms with Crippen molar-refractivity contribution < 1.29 is 9.21 Å². The van der Waals surface area contributed by atoms with E-state index in [1.54, 1.807) is 18.0 Å². The lowest BCUT2D eigenvalue weighted by molar-refractivity contribution is 0.0742. The summed E-state index contributed by atoms with van der Waals surface area (Å²) in [6.07, 6.45) is 1.43. The Hall–Kier alpha value is -1.49. The number of amides is 1. The molecule has 4 nitrogen and oxygen atoms in total. The molecular formula is C15H18Cl2N2O2. The van der Waals surface area contributed by atoms with Crippen molar-refractivity contribution in [2.45, 2.75) is 19.5 Å². The van der Waals surface area contributed by atoms with Crippen LogP contribution in [0.5, 0.6) is 0 Å². The van der Waals surface area contributed by atoms with E-state index in [9.17, 15) is 4.79 Å². The summed E-state index contributed by atoms with van der Waals surface area (Å²) in [4.78, 5) is 14.0. The van der Waals surface area contributed by atoms with Gasteiger partial charge >= 0.3 is 0 Å². The van der Waals surface area contributed by atoms with E-state index in [4.69, 9.17) is 21.8 Å². The van der Waals surface area contributed by atoms with Gasteiger partial charge in [0, 0.05) is 12.1 Å². The molecule has 0 aliphatic carbocycles. The molecule has 1 amide bonds. The van der Waals surface area contributed by atoms with E-state index in [0.29, 0.717) is 16.3 Å². The van der Waals surface area contributed by atoms with E-state index in [-0.39, 0.29) is 30.9 Å². The maximum Gasteiger partial charge on any atom is 0.257 e. The molecule has 0 aliphatic rings. The predicted molar refractivity (Wildman–Crippen MR) is 85.8 cm³/mol. The average Bonchev–Trinajstić information content (AvgIpc) is 2.94. The van der Waals surface area contributed by atoms with Crippen molar-refractivity contribution >= 4 is 29.9 Å². The third-order valence-corrected chi connectivity index (χ3v) is 3.70. The van der Waals surface area contributed by atoms with Crippen LogP contribution in [0.4, 0.5) is 0 Å². The lowest BCUT2D eigenvalue weighted by Gasteiger charge is -2.25. The third-order valence-electron chi connectivity index (χ3n) is 3.36. The van der Waals surface area contributed by atoms with Crippen molar-refractivity contribution in [2.24, 2.45) is 5.73 Å². The van der Waals surface area contributed by atoms with Crippen LogP contribution < -0.4 is 5.73 Å². The molecule has 2 N–H and O–H groups in total. The minimum atomic E-state index is -0.132. The zero-order valence-electron chi connectivity index (χ0n) is 11.9. The third kappa shape index (κ3) is 3.79.